The Kier molecular flexibility index (Phi) is 8.96. The van der Waals surface area contributed by atoms with Crippen LogP contribution in [-0.4, -0.2) is 29.2 Å². The lowest BCUT2D eigenvalue weighted by molar-refractivity contribution is -0.137. The largest absolute Gasteiger partial charge is 0.494 e. The molecule has 112 valence electrons. The monoisotopic (exact) mass is 296 g/mol. The Morgan fingerprint density at radius 3 is 2.50 bits per heavy atom. The number of hydrogen-bond acceptors (Lipinski definition) is 3. The highest BCUT2D eigenvalue weighted by atomic mass is 32.2. The van der Waals surface area contributed by atoms with Crippen molar-refractivity contribution in [2.75, 3.05) is 18.1 Å². The van der Waals surface area contributed by atoms with E-state index in [0.29, 0.717) is 6.42 Å². The maximum atomic E-state index is 10.3. The van der Waals surface area contributed by atoms with Crippen LogP contribution < -0.4 is 4.74 Å². The van der Waals surface area contributed by atoms with Crippen molar-refractivity contribution in [3.8, 4) is 5.75 Å². The maximum Gasteiger partial charge on any atom is 0.303 e. The molecule has 3 nitrogen and oxygen atoms in total. The third-order valence-electron chi connectivity index (χ3n) is 2.90. The first kappa shape index (κ1) is 16.9. The van der Waals surface area contributed by atoms with E-state index in [0.717, 1.165) is 49.5 Å². The van der Waals surface area contributed by atoms with Gasteiger partial charge in [-0.2, -0.15) is 11.8 Å². The molecule has 0 atom stereocenters. The van der Waals surface area contributed by atoms with Gasteiger partial charge < -0.3 is 9.84 Å². The molecule has 0 heterocycles. The van der Waals surface area contributed by atoms with E-state index in [1.165, 1.54) is 5.56 Å². The molecule has 0 aliphatic heterocycles. The fraction of sp³-hybridized carbons (Fsp3) is 0.562. The van der Waals surface area contributed by atoms with E-state index in [2.05, 4.69) is 19.1 Å². The lowest BCUT2D eigenvalue weighted by atomic mass is 10.2. The second-order valence-corrected chi connectivity index (χ2v) is 6.06. The highest BCUT2D eigenvalue weighted by Gasteiger charge is 1.97. The summed E-state index contributed by atoms with van der Waals surface area (Å²) in [7, 11) is 0. The molecule has 0 unspecified atom stereocenters. The normalized spacial score (nSPS) is 10.4. The predicted molar refractivity (Wildman–Crippen MR) is 84.7 cm³/mol. The van der Waals surface area contributed by atoms with Crippen LogP contribution in [0.1, 0.15) is 37.7 Å². The molecule has 1 N–H and O–H groups in total. The van der Waals surface area contributed by atoms with Gasteiger partial charge in [0.2, 0.25) is 0 Å². The summed E-state index contributed by atoms with van der Waals surface area (Å²) in [5, 5.41) is 8.50. The molecular formula is C16H24O3S. The molecule has 20 heavy (non-hydrogen) atoms. The van der Waals surface area contributed by atoms with Gasteiger partial charge >= 0.3 is 5.97 Å². The number of aliphatic carboxylic acids is 1. The predicted octanol–water partition coefficient (Wildman–Crippen LogP) is 4.14. The van der Waals surface area contributed by atoms with Crippen molar-refractivity contribution >= 4 is 17.7 Å². The first-order valence-corrected chi connectivity index (χ1v) is 8.33. The number of ether oxygens (including phenoxy) is 1. The van der Waals surface area contributed by atoms with E-state index >= 15 is 0 Å². The minimum Gasteiger partial charge on any atom is -0.494 e. The number of thioether (sulfide) groups is 1. The van der Waals surface area contributed by atoms with Crippen molar-refractivity contribution in [1.82, 2.24) is 0 Å². The third-order valence-corrected chi connectivity index (χ3v) is 4.06. The molecule has 1 rings (SSSR count). The molecule has 1 aromatic carbocycles. The zero-order chi connectivity index (χ0) is 14.6. The number of benzene rings is 1. The minimum atomic E-state index is -0.689. The summed E-state index contributed by atoms with van der Waals surface area (Å²) in [5.41, 5.74) is 1.25. The molecule has 0 aliphatic rings. The van der Waals surface area contributed by atoms with Crippen LogP contribution >= 0.6 is 11.8 Å². The summed E-state index contributed by atoms with van der Waals surface area (Å²) in [6.07, 6.45) is 4.27. The fourth-order valence-electron chi connectivity index (χ4n) is 1.74. The summed E-state index contributed by atoms with van der Waals surface area (Å²) in [5.74, 6) is 2.47. The molecule has 0 saturated carbocycles. The minimum absolute atomic E-state index is 0.301. The molecule has 0 fully saturated rings. The van der Waals surface area contributed by atoms with Crippen molar-refractivity contribution in [3.05, 3.63) is 29.8 Å². The van der Waals surface area contributed by atoms with Crippen LogP contribution in [0.4, 0.5) is 0 Å². The highest BCUT2D eigenvalue weighted by Crippen LogP contribution is 2.13. The van der Waals surface area contributed by atoms with Crippen molar-refractivity contribution < 1.29 is 14.6 Å². The van der Waals surface area contributed by atoms with Gasteiger partial charge in [-0.15, -0.1) is 0 Å². The van der Waals surface area contributed by atoms with Gasteiger partial charge in [-0.05, 0) is 49.8 Å². The molecular weight excluding hydrogens is 272 g/mol. The Morgan fingerprint density at radius 2 is 1.80 bits per heavy atom. The molecule has 0 aliphatic carbocycles. The van der Waals surface area contributed by atoms with Crippen molar-refractivity contribution in [3.63, 3.8) is 0 Å². The first-order valence-electron chi connectivity index (χ1n) is 7.17. The second kappa shape index (κ2) is 10.6. The van der Waals surface area contributed by atoms with Crippen LogP contribution in [0.2, 0.25) is 0 Å². The Hall–Kier alpha value is -1.16. The summed E-state index contributed by atoms with van der Waals surface area (Å²) >= 11 is 1.92. The van der Waals surface area contributed by atoms with Gasteiger partial charge in [0.05, 0.1) is 6.61 Å². The van der Waals surface area contributed by atoms with Gasteiger partial charge in [-0.3, -0.25) is 4.79 Å². The quantitative estimate of drug-likeness (QED) is 0.623. The number of unbranched alkanes of at least 4 members (excludes halogenated alkanes) is 2. The lowest BCUT2D eigenvalue weighted by Gasteiger charge is -2.06. The smallest absolute Gasteiger partial charge is 0.303 e. The number of aryl methyl sites for hydroxylation is 1. The van der Waals surface area contributed by atoms with Crippen molar-refractivity contribution in [2.45, 2.75) is 39.0 Å². The lowest BCUT2D eigenvalue weighted by Crippen LogP contribution is -1.99. The number of carboxylic acid groups (broad SMARTS) is 1. The van der Waals surface area contributed by atoms with Gasteiger partial charge in [-0.1, -0.05) is 24.1 Å². The summed E-state index contributed by atoms with van der Waals surface area (Å²) in [4.78, 5) is 10.3. The SMILES string of the molecule is Cc1ccc(OCCCSCCCCCC(=O)O)cc1. The Morgan fingerprint density at radius 1 is 1.10 bits per heavy atom. The highest BCUT2D eigenvalue weighted by molar-refractivity contribution is 7.99. The standard InChI is InChI=1S/C16H24O3S/c1-14-7-9-15(10-8-14)19-11-5-13-20-12-4-2-3-6-16(17)18/h7-10H,2-6,11-13H2,1H3,(H,17,18). The molecule has 4 heteroatoms. The van der Waals surface area contributed by atoms with Crippen molar-refractivity contribution in [2.24, 2.45) is 0 Å². The van der Waals surface area contributed by atoms with Crippen LogP contribution in [0.15, 0.2) is 24.3 Å². The molecule has 0 amide bonds. The van der Waals surface area contributed by atoms with Crippen LogP contribution in [-0.2, 0) is 4.79 Å². The summed E-state index contributed by atoms with van der Waals surface area (Å²) in [6, 6.07) is 8.12. The Balaban J connectivity index is 1.87. The van der Waals surface area contributed by atoms with Gasteiger partial charge in [0.1, 0.15) is 5.75 Å². The van der Waals surface area contributed by atoms with Crippen LogP contribution in [0.3, 0.4) is 0 Å². The first-order chi connectivity index (χ1) is 9.68. The van der Waals surface area contributed by atoms with Gasteiger partial charge in [0.25, 0.3) is 0 Å². The summed E-state index contributed by atoms with van der Waals surface area (Å²) in [6.45, 7) is 2.83. The average Bonchev–Trinajstić information content (AvgIpc) is 2.42. The van der Waals surface area contributed by atoms with Gasteiger partial charge in [0, 0.05) is 6.42 Å². The Bertz CT molecular complexity index is 376. The third kappa shape index (κ3) is 8.86. The number of rotatable bonds is 11. The number of hydrogen-bond donors (Lipinski definition) is 1. The van der Waals surface area contributed by atoms with E-state index in [1.54, 1.807) is 0 Å². The van der Waals surface area contributed by atoms with Crippen LogP contribution in [0.5, 0.6) is 5.75 Å². The van der Waals surface area contributed by atoms with E-state index in [-0.39, 0.29) is 0 Å². The molecule has 0 spiro atoms. The molecule has 0 aromatic heterocycles. The zero-order valence-corrected chi connectivity index (χ0v) is 13.0. The van der Waals surface area contributed by atoms with Crippen LogP contribution in [0, 0.1) is 6.92 Å². The van der Waals surface area contributed by atoms with Gasteiger partial charge in [-0.25, -0.2) is 0 Å². The van der Waals surface area contributed by atoms with E-state index < -0.39 is 5.97 Å². The molecule has 1 aromatic rings. The van der Waals surface area contributed by atoms with Crippen molar-refractivity contribution in [1.29, 1.82) is 0 Å². The molecule has 0 bridgehead atoms. The average molecular weight is 296 g/mol. The molecule has 0 saturated heterocycles. The van der Waals surface area contributed by atoms with E-state index in [9.17, 15) is 4.79 Å². The summed E-state index contributed by atoms with van der Waals surface area (Å²) < 4.78 is 5.65. The fourth-order valence-corrected chi connectivity index (χ4v) is 2.68. The van der Waals surface area contributed by atoms with Crippen LogP contribution in [0.25, 0.3) is 0 Å². The van der Waals surface area contributed by atoms with E-state index in [1.807, 2.05) is 23.9 Å². The number of carboxylic acids is 1. The number of carbonyl (C=O) groups is 1. The second-order valence-electron chi connectivity index (χ2n) is 4.83. The molecule has 0 radical (unpaired) electrons. The Labute approximate surface area is 125 Å². The zero-order valence-electron chi connectivity index (χ0n) is 12.1. The van der Waals surface area contributed by atoms with Gasteiger partial charge in [0.15, 0.2) is 0 Å². The van der Waals surface area contributed by atoms with E-state index in [4.69, 9.17) is 9.84 Å². The topological polar surface area (TPSA) is 46.5 Å². The maximum absolute atomic E-state index is 10.3.